The minimum absolute atomic E-state index is 0.0356. The van der Waals surface area contributed by atoms with Crippen LogP contribution >= 0.6 is 11.6 Å². The zero-order valence-electron chi connectivity index (χ0n) is 10.2. The number of halogens is 1. The van der Waals surface area contributed by atoms with Gasteiger partial charge in [-0.2, -0.15) is 0 Å². The van der Waals surface area contributed by atoms with Crippen LogP contribution in [0.15, 0.2) is 24.3 Å². The van der Waals surface area contributed by atoms with Gasteiger partial charge >= 0.3 is 0 Å². The second-order valence-electron chi connectivity index (χ2n) is 4.36. The molecule has 4 nitrogen and oxygen atoms in total. The average molecular weight is 264 g/mol. The van der Waals surface area contributed by atoms with E-state index in [-0.39, 0.29) is 16.7 Å². The molecule has 0 aliphatic heterocycles. The average Bonchev–Trinajstić information content (AvgIpc) is 2.31. The van der Waals surface area contributed by atoms with Crippen molar-refractivity contribution < 1.29 is 5.11 Å². The van der Waals surface area contributed by atoms with Gasteiger partial charge in [0.1, 0.15) is 11.6 Å². The number of phenols is 1. The van der Waals surface area contributed by atoms with Gasteiger partial charge in [-0.3, -0.25) is 0 Å². The molecule has 0 atom stereocenters. The lowest BCUT2D eigenvalue weighted by Gasteiger charge is -2.08. The number of rotatable bonds is 2. The Labute approximate surface area is 110 Å². The van der Waals surface area contributed by atoms with E-state index in [1.165, 1.54) is 6.07 Å². The van der Waals surface area contributed by atoms with E-state index in [1.807, 2.05) is 13.8 Å². The third-order valence-corrected chi connectivity index (χ3v) is 2.87. The van der Waals surface area contributed by atoms with E-state index in [0.29, 0.717) is 11.6 Å². The summed E-state index contributed by atoms with van der Waals surface area (Å²) in [6, 6.07) is 6.60. The Hall–Kier alpha value is -1.81. The molecule has 3 N–H and O–H groups in total. The SMILES string of the molecule is CC(C)c1cc(N)nc(-c2ccc(O)c(Cl)c2)n1. The van der Waals surface area contributed by atoms with E-state index >= 15 is 0 Å². The van der Waals surface area contributed by atoms with Crippen molar-refractivity contribution in [1.82, 2.24) is 9.97 Å². The molecule has 0 radical (unpaired) electrons. The molecule has 0 spiro atoms. The Bertz CT molecular complexity index is 584. The molecule has 1 heterocycles. The van der Waals surface area contributed by atoms with Gasteiger partial charge in [-0.05, 0) is 24.1 Å². The number of nitrogen functional groups attached to an aromatic ring is 1. The lowest BCUT2D eigenvalue weighted by atomic mass is 10.1. The van der Waals surface area contributed by atoms with E-state index in [2.05, 4.69) is 9.97 Å². The molecule has 0 bridgehead atoms. The lowest BCUT2D eigenvalue weighted by molar-refractivity contribution is 0.475. The fourth-order valence-electron chi connectivity index (χ4n) is 1.56. The summed E-state index contributed by atoms with van der Waals surface area (Å²) < 4.78 is 0. The maximum Gasteiger partial charge on any atom is 0.161 e. The Morgan fingerprint density at radius 2 is 1.94 bits per heavy atom. The van der Waals surface area contributed by atoms with Crippen molar-refractivity contribution >= 4 is 17.4 Å². The third kappa shape index (κ3) is 2.54. The molecule has 0 saturated carbocycles. The summed E-state index contributed by atoms with van der Waals surface area (Å²) in [5.74, 6) is 1.24. The fourth-order valence-corrected chi connectivity index (χ4v) is 1.74. The van der Waals surface area contributed by atoms with Gasteiger partial charge in [0.15, 0.2) is 5.82 Å². The van der Waals surface area contributed by atoms with Crippen LogP contribution in [0, 0.1) is 0 Å². The van der Waals surface area contributed by atoms with Crippen LogP contribution in [0.1, 0.15) is 25.5 Å². The van der Waals surface area contributed by atoms with Crippen molar-refractivity contribution in [1.29, 1.82) is 0 Å². The Morgan fingerprint density at radius 1 is 1.22 bits per heavy atom. The minimum Gasteiger partial charge on any atom is -0.506 e. The largest absolute Gasteiger partial charge is 0.506 e. The summed E-state index contributed by atoms with van der Waals surface area (Å²) in [7, 11) is 0. The number of nitrogens with two attached hydrogens (primary N) is 1. The topological polar surface area (TPSA) is 72.0 Å². The summed E-state index contributed by atoms with van der Waals surface area (Å²) in [5, 5.41) is 9.66. The van der Waals surface area contributed by atoms with Gasteiger partial charge < -0.3 is 10.8 Å². The van der Waals surface area contributed by atoms with Crippen LogP contribution in [-0.2, 0) is 0 Å². The van der Waals surface area contributed by atoms with Crippen molar-refractivity contribution in [2.45, 2.75) is 19.8 Å². The number of hydrogen-bond donors (Lipinski definition) is 2. The lowest BCUT2D eigenvalue weighted by Crippen LogP contribution is -2.01. The standard InChI is InChI=1S/C13H14ClN3O/c1-7(2)10-6-12(15)17-13(16-10)8-3-4-11(18)9(14)5-8/h3-7,18H,1-2H3,(H2,15,16,17). The van der Waals surface area contributed by atoms with Crippen molar-refractivity contribution in [2.24, 2.45) is 0 Å². The maximum atomic E-state index is 9.39. The normalized spacial score (nSPS) is 10.9. The van der Waals surface area contributed by atoms with Gasteiger partial charge in [-0.25, -0.2) is 9.97 Å². The van der Waals surface area contributed by atoms with E-state index in [4.69, 9.17) is 17.3 Å². The first-order valence-electron chi connectivity index (χ1n) is 5.60. The minimum atomic E-state index is 0.0356. The molecular weight excluding hydrogens is 250 g/mol. The first-order valence-corrected chi connectivity index (χ1v) is 5.98. The molecule has 0 aliphatic carbocycles. The van der Waals surface area contributed by atoms with Gasteiger partial charge in [0.2, 0.25) is 0 Å². The quantitative estimate of drug-likeness (QED) is 0.873. The predicted molar refractivity (Wildman–Crippen MR) is 72.6 cm³/mol. The molecule has 0 fully saturated rings. The second-order valence-corrected chi connectivity index (χ2v) is 4.77. The first kappa shape index (κ1) is 12.6. The van der Waals surface area contributed by atoms with Crippen molar-refractivity contribution in [2.75, 3.05) is 5.73 Å². The maximum absolute atomic E-state index is 9.39. The zero-order chi connectivity index (χ0) is 13.3. The number of aromatic nitrogens is 2. The summed E-state index contributed by atoms with van der Waals surface area (Å²) in [4.78, 5) is 8.63. The number of aromatic hydroxyl groups is 1. The van der Waals surface area contributed by atoms with Crippen LogP contribution in [-0.4, -0.2) is 15.1 Å². The van der Waals surface area contributed by atoms with E-state index in [0.717, 1.165) is 11.3 Å². The Balaban J connectivity index is 2.53. The summed E-state index contributed by atoms with van der Waals surface area (Å²) >= 11 is 5.87. The zero-order valence-corrected chi connectivity index (χ0v) is 10.9. The van der Waals surface area contributed by atoms with Gasteiger partial charge in [0.25, 0.3) is 0 Å². The van der Waals surface area contributed by atoms with Crippen molar-refractivity contribution in [3.63, 3.8) is 0 Å². The van der Waals surface area contributed by atoms with E-state index in [1.54, 1.807) is 18.2 Å². The molecule has 0 amide bonds. The van der Waals surface area contributed by atoms with Gasteiger partial charge in [-0.15, -0.1) is 0 Å². The monoisotopic (exact) mass is 263 g/mol. The highest BCUT2D eigenvalue weighted by Crippen LogP contribution is 2.28. The van der Waals surface area contributed by atoms with Crippen LogP contribution in [0.5, 0.6) is 5.75 Å². The number of phenolic OH excluding ortho intramolecular Hbond substituents is 1. The van der Waals surface area contributed by atoms with E-state index < -0.39 is 0 Å². The van der Waals surface area contributed by atoms with Crippen molar-refractivity contribution in [3.05, 3.63) is 35.0 Å². The van der Waals surface area contributed by atoms with Crippen LogP contribution in [0.3, 0.4) is 0 Å². The Morgan fingerprint density at radius 3 is 2.56 bits per heavy atom. The molecule has 1 aromatic heterocycles. The van der Waals surface area contributed by atoms with E-state index in [9.17, 15) is 5.11 Å². The molecule has 2 rings (SSSR count). The second kappa shape index (κ2) is 4.82. The number of benzene rings is 1. The summed E-state index contributed by atoms with van der Waals surface area (Å²) in [5.41, 5.74) is 7.37. The van der Waals surface area contributed by atoms with Crippen LogP contribution < -0.4 is 5.73 Å². The van der Waals surface area contributed by atoms with Gasteiger partial charge in [0, 0.05) is 17.3 Å². The smallest absolute Gasteiger partial charge is 0.161 e. The summed E-state index contributed by atoms with van der Waals surface area (Å²) in [6.45, 7) is 4.07. The van der Waals surface area contributed by atoms with Crippen molar-refractivity contribution in [3.8, 4) is 17.1 Å². The molecule has 5 heteroatoms. The first-order chi connectivity index (χ1) is 8.47. The number of anilines is 1. The highest BCUT2D eigenvalue weighted by atomic mass is 35.5. The molecule has 0 aliphatic rings. The number of nitrogens with zero attached hydrogens (tertiary/aromatic N) is 2. The van der Waals surface area contributed by atoms with Crippen LogP contribution in [0.2, 0.25) is 5.02 Å². The molecular formula is C13H14ClN3O. The molecule has 94 valence electrons. The van der Waals surface area contributed by atoms with Gasteiger partial charge in [-0.1, -0.05) is 25.4 Å². The highest BCUT2D eigenvalue weighted by Gasteiger charge is 2.09. The van der Waals surface area contributed by atoms with Gasteiger partial charge in [0.05, 0.1) is 5.02 Å². The van der Waals surface area contributed by atoms with Crippen LogP contribution in [0.25, 0.3) is 11.4 Å². The molecule has 1 aromatic carbocycles. The van der Waals surface area contributed by atoms with Crippen LogP contribution in [0.4, 0.5) is 5.82 Å². The third-order valence-electron chi connectivity index (χ3n) is 2.56. The Kier molecular flexibility index (Phi) is 3.39. The molecule has 2 aromatic rings. The fraction of sp³-hybridized carbons (Fsp3) is 0.231. The molecule has 0 unspecified atom stereocenters. The number of hydrogen-bond acceptors (Lipinski definition) is 4. The highest BCUT2D eigenvalue weighted by molar-refractivity contribution is 6.32. The summed E-state index contributed by atoms with van der Waals surface area (Å²) in [6.07, 6.45) is 0. The molecule has 0 saturated heterocycles. The predicted octanol–water partition coefficient (Wildman–Crippen LogP) is 3.21. The molecule has 18 heavy (non-hydrogen) atoms.